The average Bonchev–Trinajstić information content (AvgIpc) is 2.67. The second-order valence-electron chi connectivity index (χ2n) is 5.48. The molecule has 1 atom stereocenters. The summed E-state index contributed by atoms with van der Waals surface area (Å²) in [6.07, 6.45) is 2.88. The molecule has 0 radical (unpaired) electrons. The van der Waals surface area contributed by atoms with Crippen molar-refractivity contribution in [1.82, 2.24) is 5.32 Å². The maximum absolute atomic E-state index is 11.5. The molecule has 1 N–H and O–H groups in total. The molecule has 0 amide bonds. The number of ether oxygens (including phenoxy) is 1. The Bertz CT molecular complexity index is 352. The van der Waals surface area contributed by atoms with Gasteiger partial charge in [0.05, 0.1) is 12.7 Å². The number of hydrogen-bond donors (Lipinski definition) is 1. The number of furan rings is 1. The monoisotopic (exact) mass is 253 g/mol. The summed E-state index contributed by atoms with van der Waals surface area (Å²) in [5.74, 6) is 0.785. The fourth-order valence-corrected chi connectivity index (χ4v) is 1.62. The smallest absolute Gasteiger partial charge is 0.307 e. The number of carbonyl (C=O) groups is 1. The molecule has 0 aliphatic carbocycles. The molecule has 0 saturated heterocycles. The summed E-state index contributed by atoms with van der Waals surface area (Å²) in [7, 11) is 0. The van der Waals surface area contributed by atoms with Crippen LogP contribution in [-0.2, 0) is 16.0 Å². The number of nitrogens with one attached hydrogen (secondary N) is 1. The Balaban J connectivity index is 2.15. The van der Waals surface area contributed by atoms with Gasteiger partial charge in [-0.15, -0.1) is 0 Å². The van der Waals surface area contributed by atoms with Gasteiger partial charge in [-0.05, 0) is 39.8 Å². The topological polar surface area (TPSA) is 51.5 Å². The highest BCUT2D eigenvalue weighted by Crippen LogP contribution is 2.08. The zero-order valence-electron chi connectivity index (χ0n) is 11.7. The molecule has 0 aliphatic rings. The van der Waals surface area contributed by atoms with Crippen molar-refractivity contribution in [3.63, 3.8) is 0 Å². The van der Waals surface area contributed by atoms with Crippen molar-refractivity contribution in [2.75, 3.05) is 6.54 Å². The van der Waals surface area contributed by atoms with Gasteiger partial charge in [-0.1, -0.05) is 0 Å². The van der Waals surface area contributed by atoms with Crippen LogP contribution in [0.5, 0.6) is 0 Å². The SMILES string of the molecule is CC(Cc1ccco1)NCCC(=O)OC(C)(C)C. The summed E-state index contributed by atoms with van der Waals surface area (Å²) in [5.41, 5.74) is -0.406. The molecule has 0 spiro atoms. The van der Waals surface area contributed by atoms with E-state index in [0.29, 0.717) is 13.0 Å². The third-order valence-electron chi connectivity index (χ3n) is 2.33. The van der Waals surface area contributed by atoms with E-state index in [4.69, 9.17) is 9.15 Å². The highest BCUT2D eigenvalue weighted by Gasteiger charge is 2.16. The van der Waals surface area contributed by atoms with Crippen LogP contribution < -0.4 is 5.32 Å². The zero-order valence-corrected chi connectivity index (χ0v) is 11.7. The van der Waals surface area contributed by atoms with Crippen LogP contribution in [-0.4, -0.2) is 24.2 Å². The van der Waals surface area contributed by atoms with E-state index in [1.165, 1.54) is 0 Å². The summed E-state index contributed by atoms with van der Waals surface area (Å²) in [4.78, 5) is 11.5. The van der Waals surface area contributed by atoms with Crippen molar-refractivity contribution >= 4 is 5.97 Å². The molecule has 1 aromatic heterocycles. The van der Waals surface area contributed by atoms with Crippen LogP contribution in [0.25, 0.3) is 0 Å². The lowest BCUT2D eigenvalue weighted by atomic mass is 10.2. The molecule has 0 fully saturated rings. The van der Waals surface area contributed by atoms with Crippen LogP contribution in [0, 0.1) is 0 Å². The van der Waals surface area contributed by atoms with Gasteiger partial charge in [0.2, 0.25) is 0 Å². The third kappa shape index (κ3) is 6.45. The summed E-state index contributed by atoms with van der Waals surface area (Å²) < 4.78 is 10.5. The summed E-state index contributed by atoms with van der Waals surface area (Å²) in [6, 6.07) is 4.10. The minimum Gasteiger partial charge on any atom is -0.469 e. The lowest BCUT2D eigenvalue weighted by Crippen LogP contribution is -2.32. The first-order valence-corrected chi connectivity index (χ1v) is 6.34. The maximum atomic E-state index is 11.5. The molecule has 0 aliphatic heterocycles. The van der Waals surface area contributed by atoms with Crippen LogP contribution in [0.4, 0.5) is 0 Å². The van der Waals surface area contributed by atoms with Gasteiger partial charge in [0.15, 0.2) is 0 Å². The quantitative estimate of drug-likeness (QED) is 0.791. The molecule has 1 unspecified atom stereocenters. The van der Waals surface area contributed by atoms with Crippen molar-refractivity contribution < 1.29 is 13.9 Å². The second kappa shape index (κ2) is 6.59. The predicted octanol–water partition coefficient (Wildman–Crippen LogP) is 2.53. The Hall–Kier alpha value is -1.29. The number of esters is 1. The Labute approximate surface area is 109 Å². The first-order chi connectivity index (χ1) is 8.37. The molecule has 1 rings (SSSR count). The average molecular weight is 253 g/mol. The van der Waals surface area contributed by atoms with Crippen molar-refractivity contribution in [1.29, 1.82) is 0 Å². The molecule has 0 bridgehead atoms. The number of carbonyl (C=O) groups excluding carboxylic acids is 1. The van der Waals surface area contributed by atoms with Gasteiger partial charge >= 0.3 is 5.97 Å². The van der Waals surface area contributed by atoms with E-state index in [-0.39, 0.29) is 12.0 Å². The van der Waals surface area contributed by atoms with Crippen molar-refractivity contribution in [3.05, 3.63) is 24.2 Å². The first kappa shape index (κ1) is 14.8. The fraction of sp³-hybridized carbons (Fsp3) is 0.643. The Morgan fingerprint density at radius 1 is 1.50 bits per heavy atom. The molecule has 1 aromatic rings. The van der Waals surface area contributed by atoms with Crippen LogP contribution in [0.2, 0.25) is 0 Å². The zero-order chi connectivity index (χ0) is 13.6. The van der Waals surface area contributed by atoms with Crippen molar-refractivity contribution in [2.45, 2.75) is 52.2 Å². The fourth-order valence-electron chi connectivity index (χ4n) is 1.62. The van der Waals surface area contributed by atoms with E-state index in [1.54, 1.807) is 6.26 Å². The van der Waals surface area contributed by atoms with Crippen LogP contribution in [0.1, 0.15) is 39.9 Å². The Morgan fingerprint density at radius 2 is 2.22 bits per heavy atom. The molecular weight excluding hydrogens is 230 g/mol. The molecule has 0 aromatic carbocycles. The van der Waals surface area contributed by atoms with E-state index >= 15 is 0 Å². The van der Waals surface area contributed by atoms with E-state index in [9.17, 15) is 4.79 Å². The summed E-state index contributed by atoms with van der Waals surface area (Å²) >= 11 is 0. The van der Waals surface area contributed by atoms with Gasteiger partial charge < -0.3 is 14.5 Å². The maximum Gasteiger partial charge on any atom is 0.307 e. The minimum atomic E-state index is -0.406. The first-order valence-electron chi connectivity index (χ1n) is 6.34. The standard InChI is InChI=1S/C14H23NO3/c1-11(10-12-6-5-9-17-12)15-8-7-13(16)18-14(2,3)4/h5-6,9,11,15H,7-8,10H2,1-4H3. The summed E-state index contributed by atoms with van der Waals surface area (Å²) in [6.45, 7) is 8.31. The van der Waals surface area contributed by atoms with Crippen LogP contribution >= 0.6 is 0 Å². The number of rotatable bonds is 6. The Morgan fingerprint density at radius 3 is 2.78 bits per heavy atom. The molecule has 4 nitrogen and oxygen atoms in total. The van der Waals surface area contributed by atoms with Crippen molar-refractivity contribution in [2.24, 2.45) is 0 Å². The van der Waals surface area contributed by atoms with E-state index in [2.05, 4.69) is 12.2 Å². The van der Waals surface area contributed by atoms with E-state index in [0.717, 1.165) is 12.2 Å². The molecule has 1 heterocycles. The van der Waals surface area contributed by atoms with Gasteiger partial charge in [-0.3, -0.25) is 4.79 Å². The molecular formula is C14H23NO3. The molecule has 18 heavy (non-hydrogen) atoms. The lowest BCUT2D eigenvalue weighted by Gasteiger charge is -2.20. The van der Waals surface area contributed by atoms with Gasteiger partial charge in [-0.25, -0.2) is 0 Å². The predicted molar refractivity (Wildman–Crippen MR) is 70.3 cm³/mol. The normalized spacial score (nSPS) is 13.3. The van der Waals surface area contributed by atoms with Gasteiger partial charge in [0.25, 0.3) is 0 Å². The third-order valence-corrected chi connectivity index (χ3v) is 2.33. The van der Waals surface area contributed by atoms with Crippen molar-refractivity contribution in [3.8, 4) is 0 Å². The van der Waals surface area contributed by atoms with Gasteiger partial charge in [0.1, 0.15) is 11.4 Å². The number of hydrogen-bond acceptors (Lipinski definition) is 4. The highest BCUT2D eigenvalue weighted by atomic mass is 16.6. The van der Waals surface area contributed by atoms with Gasteiger partial charge in [-0.2, -0.15) is 0 Å². The van der Waals surface area contributed by atoms with E-state index in [1.807, 2.05) is 32.9 Å². The molecule has 4 heteroatoms. The second-order valence-corrected chi connectivity index (χ2v) is 5.48. The molecule has 0 saturated carbocycles. The molecule has 102 valence electrons. The van der Waals surface area contributed by atoms with E-state index < -0.39 is 5.60 Å². The highest BCUT2D eigenvalue weighted by molar-refractivity contribution is 5.70. The summed E-state index contributed by atoms with van der Waals surface area (Å²) in [5, 5.41) is 3.28. The lowest BCUT2D eigenvalue weighted by molar-refractivity contribution is -0.154. The van der Waals surface area contributed by atoms with Crippen LogP contribution in [0.3, 0.4) is 0 Å². The van der Waals surface area contributed by atoms with Crippen LogP contribution in [0.15, 0.2) is 22.8 Å². The minimum absolute atomic E-state index is 0.166. The largest absolute Gasteiger partial charge is 0.469 e. The van der Waals surface area contributed by atoms with Gasteiger partial charge in [0, 0.05) is 19.0 Å². The Kier molecular flexibility index (Phi) is 5.41.